The number of furan rings is 1. The standard InChI is InChI=1S/C25H27N3O3/c1-18-11-12-22-19(15-18)7-5-13-28(22)17-24(29)27(2)23-10-4-3-9-21(23)25(30)26-16-20-8-6-14-31-20/h3-4,6,8-12,14-15H,5,7,13,16-17H2,1-2H3,(H,26,30). The number of para-hydroxylation sites is 1. The van der Waals surface area contributed by atoms with Crippen molar-refractivity contribution in [2.45, 2.75) is 26.3 Å². The number of hydrogen-bond donors (Lipinski definition) is 1. The lowest BCUT2D eigenvalue weighted by Gasteiger charge is -2.32. The van der Waals surface area contributed by atoms with Gasteiger partial charge in [-0.15, -0.1) is 0 Å². The van der Waals surface area contributed by atoms with Gasteiger partial charge in [0, 0.05) is 19.3 Å². The molecule has 3 aromatic rings. The average molecular weight is 418 g/mol. The van der Waals surface area contributed by atoms with E-state index in [4.69, 9.17) is 4.42 Å². The average Bonchev–Trinajstić information content (AvgIpc) is 3.30. The molecule has 6 heteroatoms. The Morgan fingerprint density at radius 2 is 1.97 bits per heavy atom. The number of fused-ring (bicyclic) bond motifs is 1. The van der Waals surface area contributed by atoms with Gasteiger partial charge in [-0.1, -0.05) is 29.8 Å². The SMILES string of the molecule is Cc1ccc2c(c1)CCCN2CC(=O)N(C)c1ccccc1C(=O)NCc1ccco1. The molecule has 2 heterocycles. The van der Waals surface area contributed by atoms with E-state index >= 15 is 0 Å². The van der Waals surface area contributed by atoms with Gasteiger partial charge in [-0.25, -0.2) is 0 Å². The van der Waals surface area contributed by atoms with E-state index in [-0.39, 0.29) is 18.4 Å². The van der Waals surface area contributed by atoms with Crippen molar-refractivity contribution < 1.29 is 14.0 Å². The van der Waals surface area contributed by atoms with Crippen LogP contribution in [0.3, 0.4) is 0 Å². The molecule has 0 spiro atoms. The summed E-state index contributed by atoms with van der Waals surface area (Å²) >= 11 is 0. The summed E-state index contributed by atoms with van der Waals surface area (Å²) in [4.78, 5) is 29.6. The number of rotatable bonds is 6. The van der Waals surface area contributed by atoms with E-state index in [1.165, 1.54) is 11.1 Å². The number of amides is 2. The third-order valence-corrected chi connectivity index (χ3v) is 5.66. The highest BCUT2D eigenvalue weighted by molar-refractivity contribution is 6.05. The summed E-state index contributed by atoms with van der Waals surface area (Å²) < 4.78 is 5.27. The summed E-state index contributed by atoms with van der Waals surface area (Å²) in [5.41, 5.74) is 4.70. The number of aryl methyl sites for hydroxylation is 2. The van der Waals surface area contributed by atoms with Crippen molar-refractivity contribution in [2.75, 3.05) is 29.9 Å². The topological polar surface area (TPSA) is 65.8 Å². The number of hydrogen-bond acceptors (Lipinski definition) is 4. The summed E-state index contributed by atoms with van der Waals surface area (Å²) in [5.74, 6) is 0.374. The van der Waals surface area contributed by atoms with Gasteiger partial charge in [0.05, 0.1) is 30.6 Å². The normalized spacial score (nSPS) is 12.9. The van der Waals surface area contributed by atoms with E-state index < -0.39 is 0 Å². The van der Waals surface area contributed by atoms with Gasteiger partial charge in [0.25, 0.3) is 5.91 Å². The van der Waals surface area contributed by atoms with Gasteiger partial charge in [-0.05, 0) is 55.7 Å². The van der Waals surface area contributed by atoms with Crippen LogP contribution in [0.15, 0.2) is 65.3 Å². The van der Waals surface area contributed by atoms with E-state index in [1.807, 2.05) is 6.07 Å². The van der Waals surface area contributed by atoms with Crippen molar-refractivity contribution in [1.82, 2.24) is 5.32 Å². The maximum Gasteiger partial charge on any atom is 0.253 e. The molecule has 31 heavy (non-hydrogen) atoms. The van der Waals surface area contributed by atoms with Crippen molar-refractivity contribution >= 4 is 23.2 Å². The van der Waals surface area contributed by atoms with Crippen molar-refractivity contribution in [3.63, 3.8) is 0 Å². The van der Waals surface area contributed by atoms with Gasteiger partial charge in [-0.2, -0.15) is 0 Å². The highest BCUT2D eigenvalue weighted by Gasteiger charge is 2.23. The summed E-state index contributed by atoms with van der Waals surface area (Å²) in [7, 11) is 1.72. The molecule has 0 saturated heterocycles. The quantitative estimate of drug-likeness (QED) is 0.660. The first-order chi connectivity index (χ1) is 15.0. The second-order valence-electron chi connectivity index (χ2n) is 7.89. The molecule has 160 valence electrons. The lowest BCUT2D eigenvalue weighted by atomic mass is 9.99. The van der Waals surface area contributed by atoms with Crippen LogP contribution >= 0.6 is 0 Å². The maximum absolute atomic E-state index is 13.1. The van der Waals surface area contributed by atoms with E-state index in [2.05, 4.69) is 35.3 Å². The third-order valence-electron chi connectivity index (χ3n) is 5.66. The summed E-state index contributed by atoms with van der Waals surface area (Å²) in [6.07, 6.45) is 3.64. The van der Waals surface area contributed by atoms with Gasteiger partial charge >= 0.3 is 0 Å². The van der Waals surface area contributed by atoms with Crippen LogP contribution in [0.2, 0.25) is 0 Å². The number of benzene rings is 2. The molecule has 4 rings (SSSR count). The first-order valence-electron chi connectivity index (χ1n) is 10.5. The van der Waals surface area contributed by atoms with E-state index in [1.54, 1.807) is 48.5 Å². The van der Waals surface area contributed by atoms with Crippen molar-refractivity contribution in [2.24, 2.45) is 0 Å². The molecular weight excluding hydrogens is 390 g/mol. The Balaban J connectivity index is 1.48. The zero-order valence-electron chi connectivity index (χ0n) is 17.9. The van der Waals surface area contributed by atoms with Crippen LogP contribution in [-0.2, 0) is 17.8 Å². The Morgan fingerprint density at radius 3 is 2.77 bits per heavy atom. The van der Waals surface area contributed by atoms with Crippen LogP contribution in [0.4, 0.5) is 11.4 Å². The van der Waals surface area contributed by atoms with Crippen LogP contribution in [0.25, 0.3) is 0 Å². The zero-order chi connectivity index (χ0) is 21.8. The van der Waals surface area contributed by atoms with Crippen LogP contribution in [0.5, 0.6) is 0 Å². The number of carbonyl (C=O) groups is 2. The number of carbonyl (C=O) groups excluding carboxylic acids is 2. The molecule has 2 aromatic carbocycles. The fourth-order valence-electron chi connectivity index (χ4n) is 4.01. The maximum atomic E-state index is 13.1. The molecular formula is C25H27N3O3. The van der Waals surface area contributed by atoms with Gasteiger partial charge in [0.15, 0.2) is 0 Å². The molecule has 0 atom stereocenters. The number of anilines is 2. The van der Waals surface area contributed by atoms with Crippen LogP contribution < -0.4 is 15.1 Å². The summed E-state index contributed by atoms with van der Waals surface area (Å²) in [6, 6.07) is 17.1. The highest BCUT2D eigenvalue weighted by Crippen LogP contribution is 2.28. The number of nitrogens with zero attached hydrogens (tertiary/aromatic N) is 2. The largest absolute Gasteiger partial charge is 0.467 e. The van der Waals surface area contributed by atoms with Gasteiger partial charge < -0.3 is 19.5 Å². The molecule has 1 N–H and O–H groups in total. The number of nitrogens with one attached hydrogen (secondary N) is 1. The number of likely N-dealkylation sites (N-methyl/N-ethyl adjacent to an activating group) is 1. The molecule has 0 bridgehead atoms. The highest BCUT2D eigenvalue weighted by atomic mass is 16.3. The molecule has 1 aromatic heterocycles. The van der Waals surface area contributed by atoms with E-state index in [0.717, 1.165) is 25.1 Å². The molecule has 0 aliphatic carbocycles. The van der Waals surface area contributed by atoms with E-state index in [9.17, 15) is 9.59 Å². The fraction of sp³-hybridized carbons (Fsp3) is 0.280. The van der Waals surface area contributed by atoms with Crippen LogP contribution in [0, 0.1) is 6.92 Å². The van der Waals surface area contributed by atoms with Crippen molar-refractivity contribution in [1.29, 1.82) is 0 Å². The molecule has 0 saturated carbocycles. The monoisotopic (exact) mass is 417 g/mol. The Bertz CT molecular complexity index is 1080. The Hall–Kier alpha value is -3.54. The Labute approximate surface area is 182 Å². The second-order valence-corrected chi connectivity index (χ2v) is 7.89. The third kappa shape index (κ3) is 4.63. The van der Waals surface area contributed by atoms with Crippen molar-refractivity contribution in [3.8, 4) is 0 Å². The molecule has 1 aliphatic heterocycles. The lowest BCUT2D eigenvalue weighted by Crippen LogP contribution is -2.41. The minimum Gasteiger partial charge on any atom is -0.467 e. The van der Waals surface area contributed by atoms with E-state index in [0.29, 0.717) is 23.6 Å². The molecule has 6 nitrogen and oxygen atoms in total. The Morgan fingerprint density at radius 1 is 1.13 bits per heavy atom. The van der Waals surface area contributed by atoms with Gasteiger partial charge in [0.1, 0.15) is 5.76 Å². The molecule has 0 unspecified atom stereocenters. The lowest BCUT2D eigenvalue weighted by molar-refractivity contribution is -0.117. The molecule has 1 aliphatic rings. The van der Waals surface area contributed by atoms with Crippen LogP contribution in [-0.4, -0.2) is 32.0 Å². The first kappa shape index (κ1) is 20.7. The zero-order valence-corrected chi connectivity index (χ0v) is 17.9. The first-order valence-corrected chi connectivity index (χ1v) is 10.5. The summed E-state index contributed by atoms with van der Waals surface area (Å²) in [5, 5.41) is 2.85. The predicted molar refractivity (Wildman–Crippen MR) is 121 cm³/mol. The van der Waals surface area contributed by atoms with Crippen LogP contribution in [0.1, 0.15) is 33.7 Å². The Kier molecular flexibility index (Phi) is 6.07. The second kappa shape index (κ2) is 9.08. The molecule has 0 radical (unpaired) electrons. The summed E-state index contributed by atoms with van der Waals surface area (Å²) in [6.45, 7) is 3.50. The molecule has 0 fully saturated rings. The minimum absolute atomic E-state index is 0.0558. The predicted octanol–water partition coefficient (Wildman–Crippen LogP) is 3.93. The van der Waals surface area contributed by atoms with Crippen molar-refractivity contribution in [3.05, 3.63) is 83.3 Å². The van der Waals surface area contributed by atoms with Gasteiger partial charge in [-0.3, -0.25) is 9.59 Å². The van der Waals surface area contributed by atoms with Gasteiger partial charge in [0.2, 0.25) is 5.91 Å². The minimum atomic E-state index is -0.245. The smallest absolute Gasteiger partial charge is 0.253 e. The molecule has 2 amide bonds. The fourth-order valence-corrected chi connectivity index (χ4v) is 4.01.